The number of aromatic nitrogens is 2. The van der Waals surface area contributed by atoms with Gasteiger partial charge in [0.15, 0.2) is 0 Å². The van der Waals surface area contributed by atoms with Gasteiger partial charge in [-0.05, 0) is 23.3 Å². The predicted octanol–water partition coefficient (Wildman–Crippen LogP) is 2.30. The van der Waals surface area contributed by atoms with Crippen LogP contribution in [-0.2, 0) is 13.0 Å². The number of aromatic hydroxyl groups is 1. The lowest BCUT2D eigenvalue weighted by molar-refractivity contribution is 0.434. The maximum absolute atomic E-state index is 12.6. The second-order valence-corrected chi connectivity index (χ2v) is 5.26. The molecule has 21 heavy (non-hydrogen) atoms. The standard InChI is InChI=1S/C17H14N2O2/c20-16-15-10-12-6-4-5-7-13(12)11-18(15)17(21)19(16)14-8-2-1-3-9-14/h1-9,20H,10-11H2. The van der Waals surface area contributed by atoms with Gasteiger partial charge < -0.3 is 5.11 Å². The van der Waals surface area contributed by atoms with E-state index in [1.807, 2.05) is 54.6 Å². The molecule has 1 aliphatic rings. The van der Waals surface area contributed by atoms with E-state index in [0.717, 1.165) is 11.1 Å². The first-order chi connectivity index (χ1) is 10.3. The number of hydrogen-bond donors (Lipinski definition) is 1. The Bertz CT molecular complexity index is 876. The van der Waals surface area contributed by atoms with Crippen molar-refractivity contribution in [1.82, 2.24) is 9.13 Å². The SMILES string of the molecule is O=c1n2c(c(O)n1-c1ccccc1)Cc1ccccc1C2. The monoisotopic (exact) mass is 278 g/mol. The minimum absolute atomic E-state index is 0.0423. The van der Waals surface area contributed by atoms with E-state index in [4.69, 9.17) is 0 Å². The Morgan fingerprint density at radius 3 is 2.33 bits per heavy atom. The lowest BCUT2D eigenvalue weighted by atomic mass is 9.99. The van der Waals surface area contributed by atoms with Gasteiger partial charge in [-0.25, -0.2) is 9.36 Å². The fourth-order valence-corrected chi connectivity index (χ4v) is 2.96. The molecule has 104 valence electrons. The highest BCUT2D eigenvalue weighted by Gasteiger charge is 2.25. The van der Waals surface area contributed by atoms with Gasteiger partial charge in [0, 0.05) is 6.42 Å². The summed E-state index contributed by atoms with van der Waals surface area (Å²) in [4.78, 5) is 12.6. The smallest absolute Gasteiger partial charge is 0.336 e. The molecular weight excluding hydrogens is 264 g/mol. The van der Waals surface area contributed by atoms with E-state index in [1.165, 1.54) is 4.57 Å². The Labute approximate surface area is 121 Å². The molecule has 0 atom stereocenters. The van der Waals surface area contributed by atoms with Crippen LogP contribution in [-0.4, -0.2) is 14.2 Å². The summed E-state index contributed by atoms with van der Waals surface area (Å²) >= 11 is 0. The van der Waals surface area contributed by atoms with E-state index in [1.54, 1.807) is 4.57 Å². The molecule has 2 heterocycles. The van der Waals surface area contributed by atoms with Crippen LogP contribution in [0.15, 0.2) is 59.4 Å². The van der Waals surface area contributed by atoms with E-state index in [9.17, 15) is 9.90 Å². The fraction of sp³-hybridized carbons (Fsp3) is 0.118. The van der Waals surface area contributed by atoms with E-state index >= 15 is 0 Å². The highest BCUT2D eigenvalue weighted by molar-refractivity contribution is 5.43. The number of fused-ring (bicyclic) bond motifs is 2. The topological polar surface area (TPSA) is 47.2 Å². The molecule has 0 saturated carbocycles. The zero-order valence-electron chi connectivity index (χ0n) is 11.4. The molecule has 4 rings (SSSR count). The summed E-state index contributed by atoms with van der Waals surface area (Å²) in [7, 11) is 0. The Kier molecular flexibility index (Phi) is 2.51. The van der Waals surface area contributed by atoms with Gasteiger partial charge in [-0.2, -0.15) is 0 Å². The van der Waals surface area contributed by atoms with Gasteiger partial charge in [-0.1, -0.05) is 42.5 Å². The average molecular weight is 278 g/mol. The first-order valence-corrected chi connectivity index (χ1v) is 6.91. The lowest BCUT2D eigenvalue weighted by Gasteiger charge is -2.17. The van der Waals surface area contributed by atoms with E-state index in [-0.39, 0.29) is 11.6 Å². The highest BCUT2D eigenvalue weighted by Crippen LogP contribution is 2.28. The van der Waals surface area contributed by atoms with E-state index < -0.39 is 0 Å². The molecule has 4 heteroatoms. The zero-order valence-corrected chi connectivity index (χ0v) is 11.4. The van der Waals surface area contributed by atoms with Crippen LogP contribution in [0, 0.1) is 0 Å². The van der Waals surface area contributed by atoms with Crippen molar-refractivity contribution >= 4 is 0 Å². The first-order valence-electron chi connectivity index (χ1n) is 6.91. The third-order valence-electron chi connectivity index (χ3n) is 4.04. The van der Waals surface area contributed by atoms with Crippen molar-refractivity contribution in [2.45, 2.75) is 13.0 Å². The molecule has 0 radical (unpaired) electrons. The molecule has 1 aliphatic heterocycles. The summed E-state index contributed by atoms with van der Waals surface area (Å²) in [6.45, 7) is 0.512. The Morgan fingerprint density at radius 1 is 0.905 bits per heavy atom. The molecule has 2 aromatic carbocycles. The van der Waals surface area contributed by atoms with Gasteiger partial charge >= 0.3 is 5.69 Å². The Balaban J connectivity index is 1.93. The van der Waals surface area contributed by atoms with Crippen LogP contribution in [0.5, 0.6) is 5.88 Å². The Morgan fingerprint density at radius 2 is 1.57 bits per heavy atom. The van der Waals surface area contributed by atoms with Crippen LogP contribution in [0.3, 0.4) is 0 Å². The summed E-state index contributed by atoms with van der Waals surface area (Å²) in [6, 6.07) is 17.3. The van der Waals surface area contributed by atoms with Crippen molar-refractivity contribution in [2.75, 3.05) is 0 Å². The average Bonchev–Trinajstić information content (AvgIpc) is 2.77. The summed E-state index contributed by atoms with van der Waals surface area (Å²) in [5.74, 6) is 0.0423. The molecule has 0 spiro atoms. The second-order valence-electron chi connectivity index (χ2n) is 5.26. The summed E-state index contributed by atoms with van der Waals surface area (Å²) in [5, 5.41) is 10.5. The molecular formula is C17H14N2O2. The Hall–Kier alpha value is -2.75. The van der Waals surface area contributed by atoms with Crippen molar-refractivity contribution in [3.63, 3.8) is 0 Å². The molecule has 1 aromatic heterocycles. The van der Waals surface area contributed by atoms with Crippen LogP contribution in [0.4, 0.5) is 0 Å². The van der Waals surface area contributed by atoms with Crippen molar-refractivity contribution in [1.29, 1.82) is 0 Å². The van der Waals surface area contributed by atoms with Crippen LogP contribution >= 0.6 is 0 Å². The normalized spacial score (nSPS) is 12.8. The van der Waals surface area contributed by atoms with Crippen molar-refractivity contribution in [2.24, 2.45) is 0 Å². The highest BCUT2D eigenvalue weighted by atomic mass is 16.3. The third kappa shape index (κ3) is 1.72. The molecule has 0 bridgehead atoms. The lowest BCUT2D eigenvalue weighted by Crippen LogP contribution is -2.27. The zero-order chi connectivity index (χ0) is 14.4. The molecule has 0 aliphatic carbocycles. The van der Waals surface area contributed by atoms with Gasteiger partial charge in [0.05, 0.1) is 17.9 Å². The number of benzene rings is 2. The van der Waals surface area contributed by atoms with Gasteiger partial charge in [-0.15, -0.1) is 0 Å². The van der Waals surface area contributed by atoms with Gasteiger partial charge in [0.1, 0.15) is 0 Å². The molecule has 0 saturated heterocycles. The van der Waals surface area contributed by atoms with Gasteiger partial charge in [-0.3, -0.25) is 4.57 Å². The van der Waals surface area contributed by atoms with Crippen LogP contribution in [0.2, 0.25) is 0 Å². The molecule has 3 aromatic rings. The predicted molar refractivity (Wildman–Crippen MR) is 80.0 cm³/mol. The van der Waals surface area contributed by atoms with E-state index in [2.05, 4.69) is 0 Å². The number of hydrogen-bond acceptors (Lipinski definition) is 2. The van der Waals surface area contributed by atoms with Crippen molar-refractivity contribution in [3.05, 3.63) is 81.9 Å². The van der Waals surface area contributed by atoms with Gasteiger partial charge in [0.2, 0.25) is 5.88 Å². The molecule has 0 unspecified atom stereocenters. The largest absolute Gasteiger partial charge is 0.493 e. The summed E-state index contributed by atoms with van der Waals surface area (Å²) < 4.78 is 3.03. The quantitative estimate of drug-likeness (QED) is 0.581. The van der Waals surface area contributed by atoms with Crippen LogP contribution in [0.25, 0.3) is 5.69 Å². The summed E-state index contributed by atoms with van der Waals surface area (Å²) in [6.07, 6.45) is 0.580. The van der Waals surface area contributed by atoms with Crippen LogP contribution in [0.1, 0.15) is 16.8 Å². The maximum Gasteiger partial charge on any atom is 0.336 e. The number of nitrogens with zero attached hydrogens (tertiary/aromatic N) is 2. The fourth-order valence-electron chi connectivity index (χ4n) is 2.96. The number of imidazole rings is 1. The first kappa shape index (κ1) is 12.0. The van der Waals surface area contributed by atoms with Crippen molar-refractivity contribution in [3.8, 4) is 11.6 Å². The van der Waals surface area contributed by atoms with Gasteiger partial charge in [0.25, 0.3) is 0 Å². The number of rotatable bonds is 1. The second kappa shape index (κ2) is 4.38. The third-order valence-corrected chi connectivity index (χ3v) is 4.04. The van der Waals surface area contributed by atoms with Crippen LogP contribution < -0.4 is 5.69 Å². The number of para-hydroxylation sites is 1. The van der Waals surface area contributed by atoms with Crippen molar-refractivity contribution < 1.29 is 5.11 Å². The summed E-state index contributed by atoms with van der Waals surface area (Å²) in [5.41, 5.74) is 3.48. The maximum atomic E-state index is 12.6. The minimum atomic E-state index is -0.191. The van der Waals surface area contributed by atoms with E-state index in [0.29, 0.717) is 24.3 Å². The molecule has 4 nitrogen and oxygen atoms in total. The molecule has 0 amide bonds. The molecule has 1 N–H and O–H groups in total. The molecule has 0 fully saturated rings. The minimum Gasteiger partial charge on any atom is -0.493 e.